The van der Waals surface area contributed by atoms with Crippen LogP contribution in [0.5, 0.6) is 0 Å². The first-order chi connectivity index (χ1) is 10.2. The fourth-order valence-corrected chi connectivity index (χ4v) is 4.47. The molecule has 0 saturated heterocycles. The van der Waals surface area contributed by atoms with Crippen molar-refractivity contribution in [3.8, 4) is 0 Å². The third-order valence-electron chi connectivity index (χ3n) is 4.52. The Labute approximate surface area is 139 Å². The van der Waals surface area contributed by atoms with E-state index in [4.69, 9.17) is 0 Å². The molecule has 1 aliphatic carbocycles. The Morgan fingerprint density at radius 2 is 1.86 bits per heavy atom. The summed E-state index contributed by atoms with van der Waals surface area (Å²) in [7, 11) is 0. The molecule has 0 radical (unpaired) electrons. The quantitative estimate of drug-likeness (QED) is 0.677. The molecule has 1 fully saturated rings. The van der Waals surface area contributed by atoms with Crippen molar-refractivity contribution in [3.63, 3.8) is 0 Å². The molecule has 1 saturated carbocycles. The van der Waals surface area contributed by atoms with E-state index in [1.807, 2.05) is 11.3 Å². The van der Waals surface area contributed by atoms with Gasteiger partial charge in [0.2, 0.25) is 0 Å². The Kier molecular flexibility index (Phi) is 5.15. The van der Waals surface area contributed by atoms with Gasteiger partial charge in [0.05, 0.1) is 0 Å². The summed E-state index contributed by atoms with van der Waals surface area (Å²) in [4.78, 5) is 1.49. The minimum atomic E-state index is 0.380. The normalized spacial score (nSPS) is 18.8. The summed E-state index contributed by atoms with van der Waals surface area (Å²) in [5, 5.41) is 6.09. The Hall–Kier alpha value is -0.640. The van der Waals surface area contributed by atoms with Crippen molar-refractivity contribution in [2.24, 2.45) is 5.92 Å². The van der Waals surface area contributed by atoms with E-state index in [-0.39, 0.29) is 0 Å². The molecule has 21 heavy (non-hydrogen) atoms. The van der Waals surface area contributed by atoms with Crippen LogP contribution in [-0.4, -0.2) is 0 Å². The summed E-state index contributed by atoms with van der Waals surface area (Å²) in [5.41, 5.74) is 1.36. The van der Waals surface area contributed by atoms with Gasteiger partial charge >= 0.3 is 0 Å². The maximum Gasteiger partial charge on any atom is 0.0448 e. The van der Waals surface area contributed by atoms with E-state index >= 15 is 0 Å². The van der Waals surface area contributed by atoms with Gasteiger partial charge in [0.15, 0.2) is 0 Å². The van der Waals surface area contributed by atoms with E-state index in [9.17, 15) is 0 Å². The van der Waals surface area contributed by atoms with Crippen molar-refractivity contribution in [2.75, 3.05) is 0 Å². The van der Waals surface area contributed by atoms with Gasteiger partial charge < -0.3 is 5.32 Å². The molecule has 1 aromatic carbocycles. The lowest BCUT2D eigenvalue weighted by molar-refractivity contribution is 0.343. The molecule has 112 valence electrons. The minimum Gasteiger partial charge on any atom is -0.302 e. The van der Waals surface area contributed by atoms with Crippen LogP contribution in [0.25, 0.3) is 0 Å². The fourth-order valence-electron chi connectivity index (χ4n) is 3.33. The lowest BCUT2D eigenvalue weighted by Gasteiger charge is -2.28. The molecule has 0 bridgehead atoms. The lowest BCUT2D eigenvalue weighted by Crippen LogP contribution is -2.29. The van der Waals surface area contributed by atoms with E-state index in [0.717, 1.165) is 10.4 Å². The molecule has 0 amide bonds. The van der Waals surface area contributed by atoms with Gasteiger partial charge in [-0.05, 0) is 54.8 Å². The van der Waals surface area contributed by atoms with Gasteiger partial charge in [-0.2, -0.15) is 0 Å². The van der Waals surface area contributed by atoms with Crippen molar-refractivity contribution in [2.45, 2.75) is 44.7 Å². The average molecular weight is 364 g/mol. The Bertz CT molecular complexity index is 543. The van der Waals surface area contributed by atoms with Gasteiger partial charge in [0.1, 0.15) is 0 Å². The van der Waals surface area contributed by atoms with E-state index in [1.54, 1.807) is 0 Å². The molecule has 0 spiro atoms. The highest BCUT2D eigenvalue weighted by atomic mass is 79.9. The van der Waals surface area contributed by atoms with Crippen molar-refractivity contribution < 1.29 is 0 Å². The molecule has 1 aliphatic rings. The van der Waals surface area contributed by atoms with Crippen LogP contribution in [0, 0.1) is 5.92 Å². The highest BCUT2D eigenvalue weighted by Crippen LogP contribution is 2.38. The zero-order chi connectivity index (χ0) is 14.7. The third-order valence-corrected chi connectivity index (χ3v) is 6.00. The maximum absolute atomic E-state index is 3.89. The smallest absolute Gasteiger partial charge is 0.0448 e. The van der Waals surface area contributed by atoms with Gasteiger partial charge in [-0.3, -0.25) is 0 Å². The van der Waals surface area contributed by atoms with Crippen LogP contribution in [0.2, 0.25) is 0 Å². The topological polar surface area (TPSA) is 12.0 Å². The van der Waals surface area contributed by atoms with E-state index in [2.05, 4.69) is 69.9 Å². The summed E-state index contributed by atoms with van der Waals surface area (Å²) < 4.78 is 1.14. The van der Waals surface area contributed by atoms with Crippen molar-refractivity contribution in [1.29, 1.82) is 0 Å². The second-order valence-corrected chi connectivity index (χ2v) is 7.87. The molecule has 3 rings (SSSR count). The number of hydrogen-bond donors (Lipinski definition) is 1. The second kappa shape index (κ2) is 7.08. The summed E-state index contributed by atoms with van der Waals surface area (Å²) in [6, 6.07) is 14.0. The maximum atomic E-state index is 3.89. The zero-order valence-electron chi connectivity index (χ0n) is 12.4. The first kappa shape index (κ1) is 15.3. The second-order valence-electron chi connectivity index (χ2n) is 5.98. The van der Waals surface area contributed by atoms with Crippen LogP contribution >= 0.6 is 27.3 Å². The molecule has 2 aromatic rings. The monoisotopic (exact) mass is 363 g/mol. The van der Waals surface area contributed by atoms with Crippen molar-refractivity contribution in [1.82, 2.24) is 5.32 Å². The minimum absolute atomic E-state index is 0.380. The molecule has 1 unspecified atom stereocenters. The number of nitrogens with one attached hydrogen (secondary N) is 1. The van der Waals surface area contributed by atoms with Gasteiger partial charge in [-0.1, -0.05) is 47.0 Å². The lowest BCUT2D eigenvalue weighted by atomic mass is 9.95. The van der Waals surface area contributed by atoms with E-state index in [1.165, 1.54) is 36.1 Å². The number of thiophene rings is 1. The molecule has 0 aliphatic heterocycles. The van der Waals surface area contributed by atoms with Crippen LogP contribution in [0.3, 0.4) is 0 Å². The molecule has 1 N–H and O–H groups in total. The molecule has 1 heterocycles. The predicted molar refractivity (Wildman–Crippen MR) is 94.7 cm³/mol. The Morgan fingerprint density at radius 3 is 2.48 bits per heavy atom. The number of rotatable bonds is 5. The third kappa shape index (κ3) is 3.77. The van der Waals surface area contributed by atoms with Crippen LogP contribution < -0.4 is 5.32 Å². The summed E-state index contributed by atoms with van der Waals surface area (Å²) in [5.74, 6) is 0.793. The summed E-state index contributed by atoms with van der Waals surface area (Å²) >= 11 is 5.40. The van der Waals surface area contributed by atoms with Crippen molar-refractivity contribution >= 4 is 27.3 Å². The van der Waals surface area contributed by atoms with Gasteiger partial charge in [0.25, 0.3) is 0 Å². The standard InChI is InChI=1S/C18H22BrNS/c1-13(14-8-10-16(19)11-9-14)20-18(15-5-2-3-6-15)17-7-4-12-21-17/h4,7-13,15,18,20H,2-3,5-6H2,1H3/t13-,18?/m1/s1. The largest absolute Gasteiger partial charge is 0.302 e. The van der Waals surface area contributed by atoms with Crippen LogP contribution in [0.4, 0.5) is 0 Å². The Morgan fingerprint density at radius 1 is 1.14 bits per heavy atom. The molecular formula is C18H22BrNS. The average Bonchev–Trinajstić information content (AvgIpc) is 3.19. The summed E-state index contributed by atoms with van der Waals surface area (Å²) in [6.45, 7) is 2.28. The number of benzene rings is 1. The van der Waals surface area contributed by atoms with Gasteiger partial charge in [-0.25, -0.2) is 0 Å². The highest BCUT2D eigenvalue weighted by Gasteiger charge is 2.28. The molecule has 1 aromatic heterocycles. The van der Waals surface area contributed by atoms with Crippen molar-refractivity contribution in [3.05, 3.63) is 56.7 Å². The number of halogens is 1. The fraction of sp³-hybridized carbons (Fsp3) is 0.444. The molecule has 1 nitrogen and oxygen atoms in total. The number of hydrogen-bond acceptors (Lipinski definition) is 2. The Balaban J connectivity index is 1.76. The van der Waals surface area contributed by atoms with E-state index in [0.29, 0.717) is 12.1 Å². The van der Waals surface area contributed by atoms with Crippen LogP contribution in [0.15, 0.2) is 46.3 Å². The predicted octanol–water partition coefficient (Wildman–Crippen LogP) is 6.09. The first-order valence-electron chi connectivity index (χ1n) is 7.79. The SMILES string of the molecule is C[C@@H](NC(c1cccs1)C1CCCC1)c1ccc(Br)cc1. The zero-order valence-corrected chi connectivity index (χ0v) is 14.8. The van der Waals surface area contributed by atoms with E-state index < -0.39 is 0 Å². The van der Waals surface area contributed by atoms with Crippen LogP contribution in [0.1, 0.15) is 55.1 Å². The summed E-state index contributed by atoms with van der Waals surface area (Å²) in [6.07, 6.45) is 5.51. The van der Waals surface area contributed by atoms with Crippen LogP contribution in [-0.2, 0) is 0 Å². The first-order valence-corrected chi connectivity index (χ1v) is 9.46. The molecule has 3 heteroatoms. The molecule has 2 atom stereocenters. The van der Waals surface area contributed by atoms with Gasteiger partial charge in [0, 0.05) is 21.4 Å². The molecular weight excluding hydrogens is 342 g/mol. The highest BCUT2D eigenvalue weighted by molar-refractivity contribution is 9.10. The van der Waals surface area contributed by atoms with Gasteiger partial charge in [-0.15, -0.1) is 11.3 Å².